The van der Waals surface area contributed by atoms with Crippen molar-refractivity contribution >= 4 is 5.97 Å². The summed E-state index contributed by atoms with van der Waals surface area (Å²) in [6, 6.07) is 8.73. The Labute approximate surface area is 177 Å². The molecular weight excluding hydrogens is 385 g/mol. The first-order valence-electron chi connectivity index (χ1n) is 10.4. The molecule has 30 heavy (non-hydrogen) atoms. The Bertz CT molecular complexity index is 911. The van der Waals surface area contributed by atoms with Crippen LogP contribution in [0.5, 0.6) is 11.5 Å². The minimum atomic E-state index is -0.633. The SMILES string of the molecule is CCCCOc1c2c(c(F)c(C)c1C(=O)Oc1ccccc1)CN(C(C)(C)CO)C2. The lowest BCUT2D eigenvalue weighted by atomic mass is 9.98. The monoisotopic (exact) mass is 415 g/mol. The molecule has 0 fully saturated rings. The van der Waals surface area contributed by atoms with Crippen molar-refractivity contribution in [2.24, 2.45) is 0 Å². The number of aliphatic hydroxyl groups is 1. The maximum Gasteiger partial charge on any atom is 0.347 e. The minimum absolute atomic E-state index is 0.0590. The van der Waals surface area contributed by atoms with Crippen molar-refractivity contribution in [3.63, 3.8) is 0 Å². The van der Waals surface area contributed by atoms with Crippen LogP contribution in [0, 0.1) is 12.7 Å². The number of carbonyl (C=O) groups is 1. The first kappa shape index (κ1) is 22.2. The topological polar surface area (TPSA) is 59.0 Å². The summed E-state index contributed by atoms with van der Waals surface area (Å²) >= 11 is 0. The van der Waals surface area contributed by atoms with E-state index in [1.807, 2.05) is 24.8 Å². The molecule has 1 N–H and O–H groups in total. The molecule has 1 aliphatic rings. The van der Waals surface area contributed by atoms with Crippen LogP contribution in [0.1, 0.15) is 60.7 Å². The Balaban J connectivity index is 2.05. The molecule has 1 aliphatic heterocycles. The second-order valence-electron chi connectivity index (χ2n) is 8.33. The second-order valence-corrected chi connectivity index (χ2v) is 8.33. The number of aliphatic hydroxyl groups excluding tert-OH is 1. The summed E-state index contributed by atoms with van der Waals surface area (Å²) < 4.78 is 26.9. The quantitative estimate of drug-likeness (QED) is 0.387. The number of para-hydroxylation sites is 1. The van der Waals surface area contributed by atoms with Gasteiger partial charge in [0, 0.05) is 35.3 Å². The van der Waals surface area contributed by atoms with Gasteiger partial charge in [0.15, 0.2) is 0 Å². The average molecular weight is 416 g/mol. The zero-order chi connectivity index (χ0) is 21.9. The Hall–Kier alpha value is -2.44. The lowest BCUT2D eigenvalue weighted by Gasteiger charge is -2.33. The summed E-state index contributed by atoms with van der Waals surface area (Å²) in [4.78, 5) is 15.1. The van der Waals surface area contributed by atoms with Gasteiger partial charge in [0.1, 0.15) is 22.9 Å². The molecule has 0 aromatic heterocycles. The first-order chi connectivity index (χ1) is 14.3. The number of esters is 1. The fourth-order valence-electron chi connectivity index (χ4n) is 3.59. The fraction of sp³-hybridized carbons (Fsp3) is 0.458. The molecule has 2 aromatic rings. The predicted molar refractivity (Wildman–Crippen MR) is 113 cm³/mol. The summed E-state index contributed by atoms with van der Waals surface area (Å²) in [5, 5.41) is 9.77. The van der Waals surface area contributed by atoms with Gasteiger partial charge in [0.05, 0.1) is 13.2 Å². The van der Waals surface area contributed by atoms with Crippen LogP contribution in [0.3, 0.4) is 0 Å². The lowest BCUT2D eigenvalue weighted by molar-refractivity contribution is 0.0537. The number of unbranched alkanes of at least 4 members (excludes halogenated alkanes) is 1. The van der Waals surface area contributed by atoms with E-state index in [4.69, 9.17) is 9.47 Å². The van der Waals surface area contributed by atoms with Gasteiger partial charge in [0.25, 0.3) is 0 Å². The zero-order valence-electron chi connectivity index (χ0n) is 18.1. The maximum absolute atomic E-state index is 15.3. The van der Waals surface area contributed by atoms with Gasteiger partial charge < -0.3 is 14.6 Å². The Morgan fingerprint density at radius 3 is 2.50 bits per heavy atom. The second kappa shape index (κ2) is 9.14. The summed E-state index contributed by atoms with van der Waals surface area (Å²) in [6.07, 6.45) is 1.76. The Morgan fingerprint density at radius 2 is 1.87 bits per heavy atom. The molecule has 0 saturated carbocycles. The number of halogens is 1. The summed E-state index contributed by atoms with van der Waals surface area (Å²) in [7, 11) is 0. The largest absolute Gasteiger partial charge is 0.492 e. The Kier molecular flexibility index (Phi) is 6.78. The van der Waals surface area contributed by atoms with Crippen LogP contribution >= 0.6 is 0 Å². The van der Waals surface area contributed by atoms with E-state index in [9.17, 15) is 9.90 Å². The van der Waals surface area contributed by atoms with Crippen LogP contribution in [-0.4, -0.2) is 34.7 Å². The molecule has 0 saturated heterocycles. The predicted octanol–water partition coefficient (Wildman–Crippen LogP) is 4.62. The van der Waals surface area contributed by atoms with Crippen molar-refractivity contribution < 1.29 is 23.8 Å². The van der Waals surface area contributed by atoms with Crippen LogP contribution in [-0.2, 0) is 13.1 Å². The van der Waals surface area contributed by atoms with Gasteiger partial charge in [-0.05, 0) is 39.3 Å². The molecule has 3 rings (SSSR count). The Morgan fingerprint density at radius 1 is 1.20 bits per heavy atom. The molecule has 0 unspecified atom stereocenters. The third-order valence-corrected chi connectivity index (χ3v) is 5.68. The summed E-state index contributed by atoms with van der Waals surface area (Å²) in [5.41, 5.74) is 1.03. The zero-order valence-corrected chi connectivity index (χ0v) is 18.1. The van der Waals surface area contributed by atoms with Gasteiger partial charge in [-0.15, -0.1) is 0 Å². The van der Waals surface area contributed by atoms with Crippen LogP contribution < -0.4 is 9.47 Å². The first-order valence-corrected chi connectivity index (χ1v) is 10.4. The molecule has 5 nitrogen and oxygen atoms in total. The molecule has 2 aromatic carbocycles. The molecule has 0 spiro atoms. The van der Waals surface area contributed by atoms with Crippen molar-refractivity contribution in [2.45, 2.75) is 59.2 Å². The molecule has 6 heteroatoms. The molecule has 0 radical (unpaired) electrons. The van der Waals surface area contributed by atoms with Crippen molar-refractivity contribution in [1.82, 2.24) is 4.90 Å². The third-order valence-electron chi connectivity index (χ3n) is 5.68. The van der Waals surface area contributed by atoms with Gasteiger partial charge in [-0.3, -0.25) is 4.90 Å². The van der Waals surface area contributed by atoms with Crippen molar-refractivity contribution in [3.05, 3.63) is 58.4 Å². The number of nitrogens with zero attached hydrogens (tertiary/aromatic N) is 1. The summed E-state index contributed by atoms with van der Waals surface area (Å²) in [6.45, 7) is 8.58. The third kappa shape index (κ3) is 4.35. The number of hydrogen-bond donors (Lipinski definition) is 1. The van der Waals surface area contributed by atoms with Gasteiger partial charge in [-0.2, -0.15) is 0 Å². The number of carbonyl (C=O) groups excluding carboxylic acids is 1. The lowest BCUT2D eigenvalue weighted by Crippen LogP contribution is -2.43. The molecule has 0 atom stereocenters. The highest BCUT2D eigenvalue weighted by Crippen LogP contribution is 2.41. The van der Waals surface area contributed by atoms with Crippen molar-refractivity contribution in [3.8, 4) is 11.5 Å². The van der Waals surface area contributed by atoms with E-state index in [0.717, 1.165) is 12.8 Å². The van der Waals surface area contributed by atoms with Crippen LogP contribution in [0.15, 0.2) is 30.3 Å². The van der Waals surface area contributed by atoms with Crippen molar-refractivity contribution in [2.75, 3.05) is 13.2 Å². The van der Waals surface area contributed by atoms with Crippen molar-refractivity contribution in [1.29, 1.82) is 0 Å². The van der Waals surface area contributed by atoms with E-state index < -0.39 is 17.3 Å². The molecule has 0 bridgehead atoms. The molecule has 0 aliphatic carbocycles. The normalized spacial score (nSPS) is 13.9. The number of hydrogen-bond acceptors (Lipinski definition) is 5. The average Bonchev–Trinajstić information content (AvgIpc) is 3.19. The fourth-order valence-corrected chi connectivity index (χ4v) is 3.59. The summed E-state index contributed by atoms with van der Waals surface area (Å²) in [5.74, 6) is -0.254. The van der Waals surface area contributed by atoms with Crippen LogP contribution in [0.25, 0.3) is 0 Å². The maximum atomic E-state index is 15.3. The highest BCUT2D eigenvalue weighted by molar-refractivity contribution is 5.96. The number of ether oxygens (including phenoxy) is 2. The van der Waals surface area contributed by atoms with E-state index in [-0.39, 0.29) is 17.7 Å². The van der Waals surface area contributed by atoms with E-state index in [1.54, 1.807) is 31.2 Å². The van der Waals surface area contributed by atoms with Crippen LogP contribution in [0.4, 0.5) is 4.39 Å². The van der Waals surface area contributed by atoms with Gasteiger partial charge in [-0.25, -0.2) is 9.18 Å². The molecule has 162 valence electrons. The van der Waals surface area contributed by atoms with E-state index >= 15 is 4.39 Å². The van der Waals surface area contributed by atoms with E-state index in [0.29, 0.717) is 42.3 Å². The molecular formula is C24H30FNO4. The molecule has 0 amide bonds. The number of rotatable bonds is 8. The van der Waals surface area contributed by atoms with Crippen LogP contribution in [0.2, 0.25) is 0 Å². The van der Waals surface area contributed by atoms with E-state index in [1.165, 1.54) is 0 Å². The molecule has 1 heterocycles. The standard InChI is InChI=1S/C24H30FNO4/c1-5-6-12-29-22-19-14-26(24(3,4)15-27)13-18(19)21(25)16(2)20(22)23(28)30-17-10-8-7-9-11-17/h7-11,27H,5-6,12-15H2,1-4H3. The smallest absolute Gasteiger partial charge is 0.347 e. The van der Waals surface area contributed by atoms with Gasteiger partial charge >= 0.3 is 5.97 Å². The highest BCUT2D eigenvalue weighted by atomic mass is 19.1. The van der Waals surface area contributed by atoms with Gasteiger partial charge in [-0.1, -0.05) is 31.5 Å². The van der Waals surface area contributed by atoms with E-state index in [2.05, 4.69) is 6.92 Å². The number of benzene rings is 2. The van der Waals surface area contributed by atoms with Gasteiger partial charge in [0.2, 0.25) is 0 Å². The minimum Gasteiger partial charge on any atom is -0.492 e. The number of fused-ring (bicyclic) bond motifs is 1. The highest BCUT2D eigenvalue weighted by Gasteiger charge is 2.38.